The fourth-order valence-electron chi connectivity index (χ4n) is 5.02. The van der Waals surface area contributed by atoms with Crippen molar-refractivity contribution in [3.63, 3.8) is 0 Å². The lowest BCUT2D eigenvalue weighted by molar-refractivity contribution is -0.132. The number of hydrogen-bond acceptors (Lipinski definition) is 4. The Morgan fingerprint density at radius 1 is 1.27 bits per heavy atom. The normalized spacial score (nSPS) is 30.1. The van der Waals surface area contributed by atoms with Crippen LogP contribution in [0.25, 0.3) is 0 Å². The van der Waals surface area contributed by atoms with Crippen molar-refractivity contribution in [3.05, 3.63) is 36.4 Å². The third-order valence-electron chi connectivity index (χ3n) is 6.59. The molecule has 0 saturated carbocycles. The number of hydrogen-bond donors (Lipinski definition) is 1. The lowest BCUT2D eigenvalue weighted by Gasteiger charge is -2.25. The lowest BCUT2D eigenvalue weighted by atomic mass is 9.76. The summed E-state index contributed by atoms with van der Waals surface area (Å²) < 4.78 is 11.4. The van der Waals surface area contributed by atoms with E-state index in [0.29, 0.717) is 12.5 Å². The minimum absolute atomic E-state index is 0.0420. The maximum Gasteiger partial charge on any atom is 0.234 e. The van der Waals surface area contributed by atoms with Crippen molar-refractivity contribution in [2.75, 3.05) is 18.6 Å². The first-order valence-electron chi connectivity index (χ1n) is 11.0. The van der Waals surface area contributed by atoms with Crippen molar-refractivity contribution in [2.24, 2.45) is 17.8 Å². The zero-order valence-electron chi connectivity index (χ0n) is 18.3. The molecule has 1 aromatic rings. The molecule has 1 N–H and O–H groups in total. The highest BCUT2D eigenvalue weighted by Crippen LogP contribution is 2.52. The lowest BCUT2D eigenvalue weighted by Crippen LogP contribution is -2.46. The topological polar surface area (TPSA) is 67.9 Å². The van der Waals surface area contributed by atoms with Gasteiger partial charge in [-0.1, -0.05) is 38.8 Å². The van der Waals surface area contributed by atoms with Gasteiger partial charge in [-0.25, -0.2) is 0 Å². The number of ether oxygens (including phenoxy) is 2. The number of amides is 2. The summed E-state index contributed by atoms with van der Waals surface area (Å²) in [5, 5.41) is 3.14. The first-order chi connectivity index (χ1) is 14.3. The number of carbonyl (C=O) groups excluding carboxylic acids is 2. The molecule has 3 aliphatic rings. The van der Waals surface area contributed by atoms with Crippen molar-refractivity contribution in [2.45, 2.75) is 57.8 Å². The second-order valence-corrected chi connectivity index (χ2v) is 9.26. The number of benzene rings is 1. The number of rotatable bonds is 8. The Morgan fingerprint density at radius 3 is 2.67 bits per heavy atom. The second kappa shape index (κ2) is 8.06. The highest BCUT2D eigenvalue weighted by molar-refractivity contribution is 6.03. The molecule has 2 amide bonds. The van der Waals surface area contributed by atoms with Crippen LogP contribution in [0.5, 0.6) is 5.75 Å². The van der Waals surface area contributed by atoms with Crippen LogP contribution in [0.3, 0.4) is 0 Å². The number of methoxy groups -OCH3 is 1. The van der Waals surface area contributed by atoms with Crippen molar-refractivity contribution in [3.8, 4) is 5.75 Å². The van der Waals surface area contributed by atoms with Gasteiger partial charge in [0.1, 0.15) is 11.4 Å². The number of nitrogens with zero attached hydrogens (tertiary/aromatic N) is 1. The van der Waals surface area contributed by atoms with Crippen LogP contribution in [0.1, 0.15) is 40.0 Å². The Hall–Kier alpha value is -2.34. The second-order valence-electron chi connectivity index (χ2n) is 9.26. The van der Waals surface area contributed by atoms with Crippen molar-refractivity contribution in [1.82, 2.24) is 5.32 Å². The Bertz CT molecular complexity index is 834. The molecule has 0 radical (unpaired) electrons. The Morgan fingerprint density at radius 2 is 2.00 bits per heavy atom. The SMILES string of the molecule is COc1ccc(N2C[C@@]34C=C[C@@H](O3)[C@H](C(=O)N[C@@H](C)CCCC(C)C)[C@@H]4C2=O)cc1. The van der Waals surface area contributed by atoms with Crippen LogP contribution in [-0.4, -0.2) is 43.2 Å². The summed E-state index contributed by atoms with van der Waals surface area (Å²) in [6.45, 7) is 6.89. The molecule has 3 heterocycles. The number of anilines is 1. The molecule has 162 valence electrons. The zero-order chi connectivity index (χ0) is 21.5. The molecule has 0 unspecified atom stereocenters. The van der Waals surface area contributed by atoms with Gasteiger partial charge in [0.15, 0.2) is 0 Å². The van der Waals surface area contributed by atoms with Crippen LogP contribution in [0, 0.1) is 17.8 Å². The quantitative estimate of drug-likeness (QED) is 0.665. The van der Waals surface area contributed by atoms with Gasteiger partial charge in [0.25, 0.3) is 0 Å². The number of nitrogens with one attached hydrogen (secondary N) is 1. The van der Waals surface area contributed by atoms with Crippen molar-refractivity contribution in [1.29, 1.82) is 0 Å². The Labute approximate surface area is 178 Å². The summed E-state index contributed by atoms with van der Waals surface area (Å²) in [6.07, 6.45) is 6.80. The fraction of sp³-hybridized carbons (Fsp3) is 0.583. The average molecular weight is 413 g/mol. The van der Waals surface area contributed by atoms with Gasteiger partial charge in [-0.3, -0.25) is 9.59 Å². The third kappa shape index (κ3) is 3.62. The molecular weight excluding hydrogens is 380 g/mol. The molecular formula is C24H32N2O4. The van der Waals surface area contributed by atoms with Gasteiger partial charge >= 0.3 is 0 Å². The van der Waals surface area contributed by atoms with Gasteiger partial charge in [0.05, 0.1) is 31.6 Å². The van der Waals surface area contributed by atoms with Crippen LogP contribution < -0.4 is 15.0 Å². The molecule has 30 heavy (non-hydrogen) atoms. The van der Waals surface area contributed by atoms with Crippen LogP contribution in [0.2, 0.25) is 0 Å². The van der Waals surface area contributed by atoms with E-state index in [-0.39, 0.29) is 24.0 Å². The van der Waals surface area contributed by atoms with Crippen LogP contribution in [0.15, 0.2) is 36.4 Å². The smallest absolute Gasteiger partial charge is 0.234 e. The Kier molecular flexibility index (Phi) is 5.62. The molecule has 6 nitrogen and oxygen atoms in total. The molecule has 2 saturated heterocycles. The van der Waals surface area contributed by atoms with Gasteiger partial charge in [-0.15, -0.1) is 0 Å². The molecule has 2 bridgehead atoms. The molecule has 0 aromatic heterocycles. The summed E-state index contributed by atoms with van der Waals surface area (Å²) in [4.78, 5) is 28.3. The minimum Gasteiger partial charge on any atom is -0.497 e. The predicted octanol–water partition coefficient (Wildman–Crippen LogP) is 3.31. The summed E-state index contributed by atoms with van der Waals surface area (Å²) in [5.41, 5.74) is 0.0936. The van der Waals surface area contributed by atoms with Crippen molar-refractivity contribution < 1.29 is 19.1 Å². The van der Waals surface area contributed by atoms with E-state index in [1.54, 1.807) is 12.0 Å². The van der Waals surface area contributed by atoms with E-state index in [0.717, 1.165) is 30.7 Å². The van der Waals surface area contributed by atoms with E-state index in [1.165, 1.54) is 0 Å². The van der Waals surface area contributed by atoms with Crippen LogP contribution in [0.4, 0.5) is 5.69 Å². The summed E-state index contributed by atoms with van der Waals surface area (Å²) in [7, 11) is 1.61. The molecule has 2 fully saturated rings. The number of carbonyl (C=O) groups is 2. The monoisotopic (exact) mass is 412 g/mol. The highest BCUT2D eigenvalue weighted by atomic mass is 16.5. The molecule has 0 aliphatic carbocycles. The average Bonchev–Trinajstić information content (AvgIpc) is 3.36. The van der Waals surface area contributed by atoms with Gasteiger partial charge in [0, 0.05) is 11.7 Å². The molecule has 1 aromatic carbocycles. The summed E-state index contributed by atoms with van der Waals surface area (Å²) >= 11 is 0. The largest absolute Gasteiger partial charge is 0.497 e. The first kappa shape index (κ1) is 20.9. The van der Waals surface area contributed by atoms with Gasteiger partial charge in [-0.2, -0.15) is 0 Å². The number of fused-ring (bicyclic) bond motifs is 1. The van der Waals surface area contributed by atoms with E-state index in [1.807, 2.05) is 43.3 Å². The summed E-state index contributed by atoms with van der Waals surface area (Å²) in [5.74, 6) is 0.343. The maximum absolute atomic E-state index is 13.4. The molecule has 3 aliphatic heterocycles. The maximum atomic E-state index is 13.4. The van der Waals surface area contributed by atoms with E-state index in [4.69, 9.17) is 9.47 Å². The minimum atomic E-state index is -0.704. The predicted molar refractivity (Wildman–Crippen MR) is 115 cm³/mol. The van der Waals surface area contributed by atoms with Crippen molar-refractivity contribution >= 4 is 17.5 Å². The fourth-order valence-corrected chi connectivity index (χ4v) is 5.02. The zero-order valence-corrected chi connectivity index (χ0v) is 18.3. The summed E-state index contributed by atoms with van der Waals surface area (Å²) in [6, 6.07) is 7.51. The molecule has 6 heteroatoms. The third-order valence-corrected chi connectivity index (χ3v) is 6.59. The molecule has 5 atom stereocenters. The van der Waals surface area contributed by atoms with E-state index in [9.17, 15) is 9.59 Å². The van der Waals surface area contributed by atoms with Crippen LogP contribution >= 0.6 is 0 Å². The van der Waals surface area contributed by atoms with E-state index < -0.39 is 17.4 Å². The Balaban J connectivity index is 1.47. The van der Waals surface area contributed by atoms with Gasteiger partial charge in [0.2, 0.25) is 11.8 Å². The standard InChI is InChI=1S/C24H32N2O4/c1-15(2)6-5-7-16(3)25-22(27)20-19-12-13-24(30-19)14-26(23(28)21(20)24)17-8-10-18(29-4)11-9-17/h8-13,15-16,19-21H,5-7,14H2,1-4H3,(H,25,27)/t16-,19+,20-,21+,24+/m0/s1. The highest BCUT2D eigenvalue weighted by Gasteiger charge is 2.67. The molecule has 4 rings (SSSR count). The molecule has 1 spiro atoms. The van der Waals surface area contributed by atoms with E-state index in [2.05, 4.69) is 19.2 Å². The van der Waals surface area contributed by atoms with Gasteiger partial charge in [-0.05, 0) is 43.5 Å². The van der Waals surface area contributed by atoms with E-state index >= 15 is 0 Å². The first-order valence-corrected chi connectivity index (χ1v) is 11.0. The van der Waals surface area contributed by atoms with Crippen LogP contribution in [-0.2, 0) is 14.3 Å². The van der Waals surface area contributed by atoms with Gasteiger partial charge < -0.3 is 19.7 Å².